The average molecular weight is 345 g/mol. The predicted molar refractivity (Wildman–Crippen MR) is 88.6 cm³/mol. The second-order valence-corrected chi connectivity index (χ2v) is 4.81. The second kappa shape index (κ2) is 7.82. The minimum atomic E-state index is -0.922. The van der Waals surface area contributed by atoms with Gasteiger partial charge in [-0.25, -0.2) is 0 Å². The van der Waals surface area contributed by atoms with Gasteiger partial charge in [-0.3, -0.25) is 9.63 Å². The van der Waals surface area contributed by atoms with Gasteiger partial charge >= 0.3 is 0 Å². The maximum absolute atomic E-state index is 12.4. The smallest absolute Gasteiger partial charge is 0.299 e. The van der Waals surface area contributed by atoms with Crippen molar-refractivity contribution in [2.24, 2.45) is 0 Å². The topological polar surface area (TPSA) is 108 Å². The van der Waals surface area contributed by atoms with Crippen molar-refractivity contribution in [3.63, 3.8) is 0 Å². The highest BCUT2D eigenvalue weighted by molar-refractivity contribution is 6.10. The first-order valence-corrected chi connectivity index (χ1v) is 7.04. The summed E-state index contributed by atoms with van der Waals surface area (Å²) >= 11 is 0. The van der Waals surface area contributed by atoms with Crippen LogP contribution in [0.1, 0.15) is 15.9 Å². The summed E-state index contributed by atoms with van der Waals surface area (Å²) in [5, 5.41) is 19.5. The van der Waals surface area contributed by atoms with Gasteiger partial charge in [0.15, 0.2) is 5.78 Å². The van der Waals surface area contributed by atoms with Crippen LogP contribution in [0.25, 0.3) is 6.08 Å². The van der Waals surface area contributed by atoms with E-state index in [0.717, 1.165) is 0 Å². The van der Waals surface area contributed by atoms with E-state index >= 15 is 0 Å². The molecule has 8 nitrogen and oxygen atoms in total. The van der Waals surface area contributed by atoms with E-state index in [4.69, 9.17) is 9.47 Å². The van der Waals surface area contributed by atoms with Crippen molar-refractivity contribution in [2.75, 3.05) is 14.2 Å². The number of allylic oxidation sites excluding steroid dienone is 1. The Morgan fingerprint density at radius 1 is 1.16 bits per heavy atom. The van der Waals surface area contributed by atoms with Crippen LogP contribution in [0.4, 0.5) is 0 Å². The number of methoxy groups -OCH3 is 2. The van der Waals surface area contributed by atoms with Crippen LogP contribution in [-0.2, 0) is 0 Å². The quantitative estimate of drug-likeness (QED) is 0.356. The second-order valence-electron chi connectivity index (χ2n) is 4.81. The van der Waals surface area contributed by atoms with Gasteiger partial charge in [0.2, 0.25) is 0 Å². The van der Waals surface area contributed by atoms with E-state index in [2.05, 4.69) is 4.84 Å². The molecule has 130 valence electrons. The summed E-state index contributed by atoms with van der Waals surface area (Å²) in [4.78, 5) is 27.1. The molecule has 0 fully saturated rings. The zero-order chi connectivity index (χ0) is 18.4. The van der Waals surface area contributed by atoms with Crippen LogP contribution in [0.15, 0.2) is 42.5 Å². The molecule has 0 aliphatic rings. The van der Waals surface area contributed by atoms with Crippen molar-refractivity contribution < 1.29 is 29.3 Å². The molecule has 0 aromatic heterocycles. The van der Waals surface area contributed by atoms with Gasteiger partial charge in [-0.2, -0.15) is 0 Å². The monoisotopic (exact) mass is 345 g/mol. The van der Waals surface area contributed by atoms with Gasteiger partial charge in [-0.05, 0) is 23.8 Å². The summed E-state index contributed by atoms with van der Waals surface area (Å²) < 4.78 is 10.1. The van der Waals surface area contributed by atoms with Gasteiger partial charge in [0.1, 0.15) is 28.6 Å². The molecular weight excluding hydrogens is 330 g/mol. The number of carbonyl (C=O) groups is 1. The van der Waals surface area contributed by atoms with E-state index in [1.807, 2.05) is 0 Å². The maximum Gasteiger partial charge on any atom is 0.299 e. The normalized spacial score (nSPS) is 10.5. The van der Waals surface area contributed by atoms with E-state index in [9.17, 15) is 20.0 Å². The van der Waals surface area contributed by atoms with Gasteiger partial charge in [0, 0.05) is 12.1 Å². The fraction of sp³-hybridized carbons (Fsp3) is 0.118. The summed E-state index contributed by atoms with van der Waals surface area (Å²) in [5.41, 5.74) is 0.497. The Hall–Kier alpha value is -3.55. The van der Waals surface area contributed by atoms with Crippen LogP contribution in [0.3, 0.4) is 0 Å². The Morgan fingerprint density at radius 3 is 2.56 bits per heavy atom. The van der Waals surface area contributed by atoms with Crippen LogP contribution in [0, 0.1) is 10.1 Å². The molecule has 0 heterocycles. The largest absolute Gasteiger partial charge is 0.507 e. The Labute approximate surface area is 143 Å². The zero-order valence-electron chi connectivity index (χ0n) is 13.5. The summed E-state index contributed by atoms with van der Waals surface area (Å²) in [7, 11) is 2.79. The van der Waals surface area contributed by atoms with Crippen molar-refractivity contribution in [3.8, 4) is 23.0 Å². The maximum atomic E-state index is 12.4. The SMILES string of the molecule is COc1cc(O)c(C(=O)/C=C/c2cccc(O[N+](=O)[O-])c2)c(OC)c1. The molecule has 25 heavy (non-hydrogen) atoms. The lowest BCUT2D eigenvalue weighted by atomic mass is 10.1. The number of hydrogen-bond acceptors (Lipinski definition) is 7. The fourth-order valence-corrected chi connectivity index (χ4v) is 2.12. The minimum absolute atomic E-state index is 0.0164. The first-order valence-electron chi connectivity index (χ1n) is 7.04. The van der Waals surface area contributed by atoms with Crippen molar-refractivity contribution in [3.05, 3.63) is 63.7 Å². The molecule has 0 saturated heterocycles. The van der Waals surface area contributed by atoms with Gasteiger partial charge in [-0.15, -0.1) is 10.1 Å². The summed E-state index contributed by atoms with van der Waals surface area (Å²) in [6, 6.07) is 8.79. The van der Waals surface area contributed by atoms with E-state index in [0.29, 0.717) is 11.3 Å². The Bertz CT molecular complexity index is 830. The molecule has 0 atom stereocenters. The van der Waals surface area contributed by atoms with E-state index in [1.165, 1.54) is 50.6 Å². The van der Waals surface area contributed by atoms with Crippen molar-refractivity contribution in [1.29, 1.82) is 0 Å². The number of nitrogens with zero attached hydrogens (tertiary/aromatic N) is 1. The van der Waals surface area contributed by atoms with Crippen molar-refractivity contribution in [2.45, 2.75) is 0 Å². The molecule has 2 aromatic rings. The third-order valence-corrected chi connectivity index (χ3v) is 3.22. The van der Waals surface area contributed by atoms with Crippen molar-refractivity contribution in [1.82, 2.24) is 0 Å². The number of phenolic OH excluding ortho intramolecular Hbond substituents is 1. The van der Waals surface area contributed by atoms with E-state index < -0.39 is 10.9 Å². The molecule has 1 N–H and O–H groups in total. The third-order valence-electron chi connectivity index (χ3n) is 3.22. The number of ether oxygens (including phenoxy) is 2. The molecule has 0 bridgehead atoms. The molecule has 0 unspecified atom stereocenters. The highest BCUT2D eigenvalue weighted by atomic mass is 17.0. The van der Waals surface area contributed by atoms with Gasteiger partial charge < -0.3 is 14.6 Å². The molecule has 0 saturated carbocycles. The Morgan fingerprint density at radius 2 is 1.92 bits per heavy atom. The van der Waals surface area contributed by atoms with E-state index in [1.54, 1.807) is 12.1 Å². The highest BCUT2D eigenvalue weighted by Gasteiger charge is 2.17. The summed E-state index contributed by atoms with van der Waals surface area (Å²) in [6.07, 6.45) is 2.66. The van der Waals surface area contributed by atoms with Crippen LogP contribution in [-0.4, -0.2) is 30.2 Å². The van der Waals surface area contributed by atoms with Gasteiger partial charge in [-0.1, -0.05) is 18.2 Å². The number of carbonyl (C=O) groups excluding carboxylic acids is 1. The number of aromatic hydroxyl groups is 1. The molecule has 0 amide bonds. The summed E-state index contributed by atoms with van der Waals surface area (Å²) in [5.74, 6) is -0.241. The molecule has 0 aliphatic carbocycles. The fourth-order valence-electron chi connectivity index (χ4n) is 2.12. The van der Waals surface area contributed by atoms with Crippen LogP contribution < -0.4 is 14.3 Å². The zero-order valence-corrected chi connectivity index (χ0v) is 13.5. The average Bonchev–Trinajstić information content (AvgIpc) is 2.58. The number of benzene rings is 2. The van der Waals surface area contributed by atoms with Gasteiger partial charge in [0.05, 0.1) is 14.2 Å². The van der Waals surface area contributed by atoms with Gasteiger partial charge in [0.25, 0.3) is 5.09 Å². The third kappa shape index (κ3) is 4.47. The first-order chi connectivity index (χ1) is 11.9. The number of phenols is 1. The number of rotatable bonds is 7. The first kappa shape index (κ1) is 17.8. The molecule has 2 aromatic carbocycles. The number of hydrogen-bond donors (Lipinski definition) is 1. The lowest BCUT2D eigenvalue weighted by molar-refractivity contribution is -0.711. The predicted octanol–water partition coefficient (Wildman–Crippen LogP) is 2.88. The lowest BCUT2D eigenvalue weighted by Gasteiger charge is -2.10. The molecule has 0 aliphatic heterocycles. The molecule has 2 rings (SSSR count). The van der Waals surface area contributed by atoms with Crippen LogP contribution in [0.2, 0.25) is 0 Å². The van der Waals surface area contributed by atoms with Crippen LogP contribution in [0.5, 0.6) is 23.0 Å². The standard InChI is InChI=1S/C17H15NO7/c1-23-13-9-15(20)17(16(10-13)24-2)14(19)7-6-11-4-3-5-12(8-11)25-18(21)22/h3-10,20H,1-2H3/b7-6+. The van der Waals surface area contributed by atoms with Crippen molar-refractivity contribution >= 4 is 11.9 Å². The lowest BCUT2D eigenvalue weighted by Crippen LogP contribution is -2.03. The molecule has 0 spiro atoms. The molecule has 8 heteroatoms. The van der Waals surface area contributed by atoms with Crippen LogP contribution >= 0.6 is 0 Å². The minimum Gasteiger partial charge on any atom is -0.507 e. The number of ketones is 1. The Kier molecular flexibility index (Phi) is 5.57. The van der Waals surface area contributed by atoms with E-state index in [-0.39, 0.29) is 22.8 Å². The summed E-state index contributed by atoms with van der Waals surface area (Å²) in [6.45, 7) is 0. The Balaban J connectivity index is 2.28. The molecule has 0 radical (unpaired) electrons. The molecular formula is C17H15NO7. The highest BCUT2D eigenvalue weighted by Crippen LogP contribution is 2.33.